The van der Waals surface area contributed by atoms with Crippen LogP contribution in [0.15, 0.2) is 17.0 Å². The van der Waals surface area contributed by atoms with Crippen LogP contribution in [0.5, 0.6) is 11.5 Å². The van der Waals surface area contributed by atoms with Crippen LogP contribution in [0, 0.1) is 0 Å². The number of thioether (sulfide) groups is 1. The molecule has 16 heavy (non-hydrogen) atoms. The molecule has 0 aliphatic rings. The van der Waals surface area contributed by atoms with E-state index in [1.54, 1.807) is 13.2 Å². The van der Waals surface area contributed by atoms with Crippen LogP contribution in [-0.2, 0) is 6.42 Å². The lowest BCUT2D eigenvalue weighted by molar-refractivity contribution is 0.389. The van der Waals surface area contributed by atoms with Gasteiger partial charge in [0, 0.05) is 6.04 Å². The number of hydrogen-bond donors (Lipinski definition) is 1. The summed E-state index contributed by atoms with van der Waals surface area (Å²) in [5, 5.41) is 0. The fourth-order valence-corrected chi connectivity index (χ4v) is 1.95. The fraction of sp³-hybridized carbons (Fsp3) is 0.500. The van der Waals surface area contributed by atoms with E-state index in [9.17, 15) is 0 Å². The van der Waals surface area contributed by atoms with Gasteiger partial charge in [0.05, 0.1) is 27.2 Å². The summed E-state index contributed by atoms with van der Waals surface area (Å²) in [6.45, 7) is 1.76. The Balaban J connectivity index is 3.31. The number of methoxy groups -OCH3 is 2. The first-order valence-electron chi connectivity index (χ1n) is 7.76. The van der Waals surface area contributed by atoms with Crippen LogP contribution in [0.1, 0.15) is 20.7 Å². The second kappa shape index (κ2) is 6.01. The van der Waals surface area contributed by atoms with Crippen molar-refractivity contribution in [2.45, 2.75) is 24.3 Å². The van der Waals surface area contributed by atoms with Crippen molar-refractivity contribution in [1.29, 1.82) is 0 Å². The molecule has 1 aromatic carbocycles. The fourth-order valence-electron chi connectivity index (χ4n) is 1.42. The van der Waals surface area contributed by atoms with Crippen molar-refractivity contribution in [3.05, 3.63) is 17.7 Å². The molecule has 0 amide bonds. The number of rotatable bonds is 5. The van der Waals surface area contributed by atoms with Gasteiger partial charge < -0.3 is 15.2 Å². The summed E-state index contributed by atoms with van der Waals surface area (Å²) < 4.78 is 53.3. The Morgan fingerprint density at radius 2 is 2.06 bits per heavy atom. The molecule has 0 heterocycles. The molecule has 4 heteroatoms. The summed E-state index contributed by atoms with van der Waals surface area (Å²) in [4.78, 5) is 0.476. The molecule has 0 aromatic heterocycles. The van der Waals surface area contributed by atoms with Crippen molar-refractivity contribution in [3.63, 3.8) is 0 Å². The van der Waals surface area contributed by atoms with Crippen LogP contribution in [0.25, 0.3) is 0 Å². The number of nitrogens with two attached hydrogens (primary N) is 1. The summed E-state index contributed by atoms with van der Waals surface area (Å²) in [7, 11) is -5.20. The monoisotopic (exact) mass is 247 g/mol. The van der Waals surface area contributed by atoms with E-state index in [-0.39, 0.29) is 17.5 Å². The highest BCUT2D eigenvalue weighted by molar-refractivity contribution is 7.98. The zero-order valence-corrected chi connectivity index (χ0v) is 10.1. The third-order valence-corrected chi connectivity index (χ3v) is 2.87. The van der Waals surface area contributed by atoms with Crippen molar-refractivity contribution in [3.8, 4) is 11.5 Å². The third-order valence-electron chi connectivity index (χ3n) is 2.11. The van der Waals surface area contributed by atoms with Crippen LogP contribution in [0.3, 0.4) is 0 Å². The maximum atomic E-state index is 7.23. The highest BCUT2D eigenvalue weighted by atomic mass is 32.2. The minimum Gasteiger partial charge on any atom is -0.496 e. The first-order valence-corrected chi connectivity index (χ1v) is 5.98. The van der Waals surface area contributed by atoms with Gasteiger partial charge in [0.25, 0.3) is 0 Å². The van der Waals surface area contributed by atoms with Gasteiger partial charge in [-0.1, -0.05) is 0 Å². The second-order valence-corrected chi connectivity index (χ2v) is 4.34. The van der Waals surface area contributed by atoms with E-state index in [1.165, 1.54) is 23.9 Å². The highest BCUT2D eigenvalue weighted by Gasteiger charge is 2.11. The normalized spacial score (nSPS) is 19.4. The molecule has 1 atom stereocenters. The summed E-state index contributed by atoms with van der Waals surface area (Å²) in [5.74, 6) is 0.306. The summed E-state index contributed by atoms with van der Waals surface area (Å²) in [6, 6.07) is 2.69. The first-order chi connectivity index (χ1) is 9.91. The van der Waals surface area contributed by atoms with Crippen LogP contribution in [0.4, 0.5) is 0 Å². The lowest BCUT2D eigenvalue weighted by Crippen LogP contribution is -2.18. The average Bonchev–Trinajstić information content (AvgIpc) is 2.27. The van der Waals surface area contributed by atoms with E-state index in [1.807, 2.05) is 0 Å². The molecule has 0 saturated heterocycles. The van der Waals surface area contributed by atoms with Crippen LogP contribution in [-0.4, -0.2) is 26.4 Å². The van der Waals surface area contributed by atoms with E-state index in [2.05, 4.69) is 0 Å². The molecular formula is C12H19NO2S. The molecule has 0 spiro atoms. The van der Waals surface area contributed by atoms with Gasteiger partial charge in [-0.3, -0.25) is 0 Å². The Labute approximate surface area is 110 Å². The Morgan fingerprint density at radius 3 is 2.62 bits per heavy atom. The van der Waals surface area contributed by atoms with E-state index < -0.39 is 14.1 Å². The molecule has 1 aromatic rings. The van der Waals surface area contributed by atoms with Gasteiger partial charge in [0.2, 0.25) is 0 Å². The lowest BCUT2D eigenvalue weighted by Gasteiger charge is -2.15. The second-order valence-electron chi connectivity index (χ2n) is 3.50. The minimum absolute atomic E-state index is 0.152. The Bertz CT molecular complexity index is 516. The van der Waals surface area contributed by atoms with E-state index in [0.717, 1.165) is 0 Å². The van der Waals surface area contributed by atoms with Gasteiger partial charge in [0.1, 0.15) is 11.5 Å². The van der Waals surface area contributed by atoms with Gasteiger partial charge in [-0.05, 0) is 37.3 Å². The van der Waals surface area contributed by atoms with Gasteiger partial charge in [-0.2, -0.15) is 0 Å². The van der Waals surface area contributed by atoms with Gasteiger partial charge in [-0.25, -0.2) is 0 Å². The number of ether oxygens (including phenoxy) is 2. The molecule has 0 fully saturated rings. The molecule has 90 valence electrons. The Kier molecular flexibility index (Phi) is 2.54. The Morgan fingerprint density at radius 1 is 1.38 bits per heavy atom. The maximum absolute atomic E-state index is 7.23. The van der Waals surface area contributed by atoms with Crippen LogP contribution >= 0.6 is 11.8 Å². The Hall–Kier alpha value is -0.870. The minimum atomic E-state index is -2.60. The SMILES string of the molecule is [2H]C([2H])([2H])Oc1cc(SC)c(OC([2H])([2H])[2H])cc1CC(C)N. The zero-order chi connectivity index (χ0) is 17.1. The zero-order valence-electron chi connectivity index (χ0n) is 15.2. The smallest absolute Gasteiger partial charge is 0.132 e. The molecule has 0 bridgehead atoms. The van der Waals surface area contributed by atoms with Crippen LogP contribution < -0.4 is 15.2 Å². The summed E-state index contributed by atoms with van der Waals surface area (Å²) >= 11 is 1.23. The largest absolute Gasteiger partial charge is 0.496 e. The van der Waals surface area contributed by atoms with Gasteiger partial charge >= 0.3 is 0 Å². The van der Waals surface area contributed by atoms with Crippen molar-refractivity contribution in [2.75, 3.05) is 20.3 Å². The van der Waals surface area contributed by atoms with Crippen molar-refractivity contribution < 1.29 is 17.7 Å². The van der Waals surface area contributed by atoms with Crippen molar-refractivity contribution in [2.24, 2.45) is 5.73 Å². The summed E-state index contributed by atoms with van der Waals surface area (Å²) in [5.41, 5.74) is 6.24. The van der Waals surface area contributed by atoms with E-state index in [0.29, 0.717) is 16.9 Å². The topological polar surface area (TPSA) is 44.5 Å². The quantitative estimate of drug-likeness (QED) is 0.811. The van der Waals surface area contributed by atoms with Crippen LogP contribution in [0.2, 0.25) is 0 Å². The molecule has 1 rings (SSSR count). The predicted octanol–water partition coefficient (Wildman–Crippen LogP) is 2.32. The predicted molar refractivity (Wildman–Crippen MR) is 68.7 cm³/mol. The maximum Gasteiger partial charge on any atom is 0.132 e. The van der Waals surface area contributed by atoms with Gasteiger partial charge in [0.15, 0.2) is 0 Å². The molecule has 0 aliphatic heterocycles. The van der Waals surface area contributed by atoms with Crippen molar-refractivity contribution in [1.82, 2.24) is 0 Å². The highest BCUT2D eigenvalue weighted by Crippen LogP contribution is 2.34. The average molecular weight is 247 g/mol. The first kappa shape index (κ1) is 6.77. The molecule has 2 N–H and O–H groups in total. The molecule has 0 aliphatic carbocycles. The van der Waals surface area contributed by atoms with E-state index in [4.69, 9.17) is 23.4 Å². The standard InChI is InChI=1S/C12H19NO2S/c1-8(13)5-9-6-11(15-3)12(16-4)7-10(9)14-2/h6-8H,5,13H2,1-4H3/i2D3,3D3. The molecular weight excluding hydrogens is 222 g/mol. The van der Waals surface area contributed by atoms with E-state index >= 15 is 0 Å². The third kappa shape index (κ3) is 3.06. The van der Waals surface area contributed by atoms with Crippen molar-refractivity contribution >= 4 is 11.8 Å². The molecule has 1 unspecified atom stereocenters. The molecule has 0 saturated carbocycles. The number of hydrogen-bond acceptors (Lipinski definition) is 4. The number of benzene rings is 1. The van der Waals surface area contributed by atoms with Gasteiger partial charge in [-0.15, -0.1) is 11.8 Å². The molecule has 0 radical (unpaired) electrons. The lowest BCUT2D eigenvalue weighted by atomic mass is 10.1. The molecule has 3 nitrogen and oxygen atoms in total. The summed E-state index contributed by atoms with van der Waals surface area (Å²) in [6.07, 6.45) is 2.06.